The zero-order valence-corrected chi connectivity index (χ0v) is 16.3. The summed E-state index contributed by atoms with van der Waals surface area (Å²) in [4.78, 5) is 29.0. The van der Waals surface area contributed by atoms with Gasteiger partial charge in [-0.15, -0.1) is 0 Å². The Hall–Kier alpha value is -3.68. The fraction of sp³-hybridized carbons (Fsp3) is 0.238. The molecule has 0 aromatic heterocycles. The Kier molecular flexibility index (Phi) is 4.54. The first kappa shape index (κ1) is 18.7. The topological polar surface area (TPSA) is 91.3 Å². The van der Waals surface area contributed by atoms with Crippen LogP contribution in [0.3, 0.4) is 0 Å². The molecule has 150 valence electrons. The van der Waals surface area contributed by atoms with Crippen LogP contribution in [0.25, 0.3) is 0 Å². The number of hydrogen-bond acceptors (Lipinski definition) is 5. The predicted octanol–water partition coefficient (Wildman–Crippen LogP) is 2.41. The average Bonchev–Trinajstić information content (AvgIpc) is 3.09. The van der Waals surface area contributed by atoms with Gasteiger partial charge in [-0.1, -0.05) is 6.07 Å². The van der Waals surface area contributed by atoms with E-state index < -0.39 is 6.04 Å². The van der Waals surface area contributed by atoms with E-state index in [9.17, 15) is 14.7 Å². The van der Waals surface area contributed by atoms with Crippen molar-refractivity contribution in [1.82, 2.24) is 10.2 Å². The molecule has 8 heteroatoms. The van der Waals surface area contributed by atoms with Crippen LogP contribution in [0.15, 0.2) is 53.7 Å². The molecular weight excluding hydrogens is 374 g/mol. The Morgan fingerprint density at radius 1 is 1.07 bits per heavy atom. The fourth-order valence-corrected chi connectivity index (χ4v) is 3.66. The molecule has 0 unspecified atom stereocenters. The number of amides is 3. The van der Waals surface area contributed by atoms with E-state index in [0.29, 0.717) is 28.3 Å². The van der Waals surface area contributed by atoms with Crippen molar-refractivity contribution in [2.24, 2.45) is 0 Å². The van der Waals surface area contributed by atoms with E-state index in [0.717, 1.165) is 0 Å². The van der Waals surface area contributed by atoms with Gasteiger partial charge in [0.1, 0.15) is 5.75 Å². The quantitative estimate of drug-likeness (QED) is 0.830. The monoisotopic (exact) mass is 395 g/mol. The molecule has 2 aromatic carbocycles. The second-order valence-electron chi connectivity index (χ2n) is 6.82. The number of phenols is 1. The Morgan fingerprint density at radius 3 is 2.45 bits per heavy atom. The van der Waals surface area contributed by atoms with E-state index in [1.807, 2.05) is 12.1 Å². The molecule has 0 spiro atoms. The molecule has 2 aromatic rings. The lowest BCUT2D eigenvalue weighted by atomic mass is 9.95. The Morgan fingerprint density at radius 2 is 1.79 bits per heavy atom. The van der Waals surface area contributed by atoms with Crippen LogP contribution in [-0.4, -0.2) is 49.8 Å². The molecule has 4 rings (SSSR count). The molecule has 8 nitrogen and oxygen atoms in total. The first-order valence-corrected chi connectivity index (χ1v) is 9.04. The van der Waals surface area contributed by atoms with Crippen LogP contribution in [-0.2, 0) is 4.79 Å². The molecular formula is C21H21N3O5. The number of aromatic hydroxyl groups is 1. The molecule has 3 amide bonds. The zero-order chi connectivity index (χ0) is 20.7. The van der Waals surface area contributed by atoms with Gasteiger partial charge in [-0.2, -0.15) is 0 Å². The number of nitrogens with one attached hydrogen (secondary N) is 1. The number of ether oxygens (including phenoxy) is 2. The summed E-state index contributed by atoms with van der Waals surface area (Å²) in [6.45, 7) is 0.288. The third-order valence-corrected chi connectivity index (χ3v) is 5.28. The maximum Gasteiger partial charge on any atom is 0.322 e. The van der Waals surface area contributed by atoms with Gasteiger partial charge in [0.25, 0.3) is 5.91 Å². The van der Waals surface area contributed by atoms with Crippen molar-refractivity contribution in [3.8, 4) is 17.2 Å². The zero-order valence-electron chi connectivity index (χ0n) is 16.3. The molecule has 2 aliphatic rings. The van der Waals surface area contributed by atoms with Crippen LogP contribution in [0.1, 0.15) is 11.6 Å². The molecule has 0 saturated carbocycles. The van der Waals surface area contributed by atoms with Gasteiger partial charge < -0.3 is 24.8 Å². The van der Waals surface area contributed by atoms with Gasteiger partial charge in [0.05, 0.1) is 38.1 Å². The maximum absolute atomic E-state index is 13.3. The van der Waals surface area contributed by atoms with E-state index in [4.69, 9.17) is 9.47 Å². The molecule has 2 aliphatic heterocycles. The van der Waals surface area contributed by atoms with E-state index in [1.54, 1.807) is 43.3 Å². The lowest BCUT2D eigenvalue weighted by Gasteiger charge is -2.31. The summed E-state index contributed by atoms with van der Waals surface area (Å²) in [5, 5.41) is 12.8. The third kappa shape index (κ3) is 3.02. The Labute approximate surface area is 167 Å². The highest BCUT2D eigenvalue weighted by Crippen LogP contribution is 2.39. The fourth-order valence-electron chi connectivity index (χ4n) is 3.66. The number of urea groups is 1. The van der Waals surface area contributed by atoms with Crippen molar-refractivity contribution in [2.75, 3.05) is 32.7 Å². The van der Waals surface area contributed by atoms with E-state index in [-0.39, 0.29) is 30.0 Å². The molecule has 1 atom stereocenters. The molecule has 2 heterocycles. The van der Waals surface area contributed by atoms with E-state index in [1.165, 1.54) is 18.1 Å². The summed E-state index contributed by atoms with van der Waals surface area (Å²) >= 11 is 0. The van der Waals surface area contributed by atoms with Gasteiger partial charge in [0, 0.05) is 12.7 Å². The van der Waals surface area contributed by atoms with E-state index in [2.05, 4.69) is 5.32 Å². The van der Waals surface area contributed by atoms with Crippen molar-refractivity contribution in [3.05, 3.63) is 59.3 Å². The molecule has 29 heavy (non-hydrogen) atoms. The molecule has 0 bridgehead atoms. The smallest absolute Gasteiger partial charge is 0.322 e. The molecule has 0 aliphatic carbocycles. The number of carbonyl (C=O) groups is 2. The number of nitrogens with zero attached hydrogens (tertiary/aromatic N) is 2. The van der Waals surface area contributed by atoms with Gasteiger partial charge in [-0.3, -0.25) is 9.69 Å². The Bertz CT molecular complexity index is 1020. The number of rotatable bonds is 4. The molecule has 0 fully saturated rings. The number of carbonyl (C=O) groups excluding carboxylic acids is 2. The van der Waals surface area contributed by atoms with Crippen molar-refractivity contribution in [2.45, 2.75) is 6.04 Å². The van der Waals surface area contributed by atoms with Crippen LogP contribution in [0.5, 0.6) is 17.2 Å². The van der Waals surface area contributed by atoms with Gasteiger partial charge in [0.15, 0.2) is 11.5 Å². The SMILES string of the molecule is COc1ccc(N2CC3=C(C2=O)[C@H](c2ccc(O)c(OC)c2)NC(=O)N3C)cc1. The van der Waals surface area contributed by atoms with Crippen LogP contribution < -0.4 is 19.7 Å². The van der Waals surface area contributed by atoms with Gasteiger partial charge in [0.2, 0.25) is 0 Å². The molecule has 2 N–H and O–H groups in total. The van der Waals surface area contributed by atoms with Gasteiger partial charge >= 0.3 is 6.03 Å². The number of methoxy groups -OCH3 is 2. The standard InChI is InChI=1S/C21H21N3O5/c1-23-15-11-24(13-5-7-14(28-2)8-6-13)20(26)18(15)19(22-21(23)27)12-4-9-16(25)17(10-12)29-3/h4-10,19,25H,11H2,1-3H3,(H,22,27)/t19-/m0/s1. The van der Waals surface area contributed by atoms with Gasteiger partial charge in [-0.25, -0.2) is 4.79 Å². The third-order valence-electron chi connectivity index (χ3n) is 5.28. The minimum atomic E-state index is -0.640. The number of hydrogen-bond donors (Lipinski definition) is 2. The van der Waals surface area contributed by atoms with Crippen LogP contribution in [0.2, 0.25) is 0 Å². The van der Waals surface area contributed by atoms with Gasteiger partial charge in [-0.05, 0) is 42.0 Å². The maximum atomic E-state index is 13.3. The second-order valence-corrected chi connectivity index (χ2v) is 6.82. The summed E-state index contributed by atoms with van der Waals surface area (Å²) in [5.41, 5.74) is 2.51. The van der Waals surface area contributed by atoms with Crippen LogP contribution in [0, 0.1) is 0 Å². The number of anilines is 1. The highest BCUT2D eigenvalue weighted by atomic mass is 16.5. The van der Waals surface area contributed by atoms with Crippen molar-refractivity contribution >= 4 is 17.6 Å². The first-order valence-electron chi connectivity index (χ1n) is 9.04. The number of benzene rings is 2. The van der Waals surface area contributed by atoms with E-state index >= 15 is 0 Å². The molecule has 0 saturated heterocycles. The van der Waals surface area contributed by atoms with Crippen molar-refractivity contribution in [3.63, 3.8) is 0 Å². The van der Waals surface area contributed by atoms with Crippen LogP contribution in [0.4, 0.5) is 10.5 Å². The normalized spacial score (nSPS) is 18.7. The summed E-state index contributed by atoms with van der Waals surface area (Å²) in [5.74, 6) is 0.771. The predicted molar refractivity (Wildman–Crippen MR) is 106 cm³/mol. The minimum Gasteiger partial charge on any atom is -0.504 e. The van der Waals surface area contributed by atoms with Crippen LogP contribution >= 0.6 is 0 Å². The summed E-state index contributed by atoms with van der Waals surface area (Å²) in [6, 6.07) is 11.0. The summed E-state index contributed by atoms with van der Waals surface area (Å²) in [7, 11) is 4.67. The molecule has 0 radical (unpaired) electrons. The summed E-state index contributed by atoms with van der Waals surface area (Å²) in [6.07, 6.45) is 0. The second kappa shape index (κ2) is 7.05. The number of phenolic OH excluding ortho intramolecular Hbond substituents is 1. The Balaban J connectivity index is 1.74. The minimum absolute atomic E-state index is 0.0117. The number of likely N-dealkylation sites (N-methyl/N-ethyl adjacent to an activating group) is 1. The first-order chi connectivity index (χ1) is 13.9. The van der Waals surface area contributed by atoms with Crippen molar-refractivity contribution in [1.29, 1.82) is 0 Å². The largest absolute Gasteiger partial charge is 0.504 e. The lowest BCUT2D eigenvalue weighted by Crippen LogP contribution is -2.45. The highest BCUT2D eigenvalue weighted by molar-refractivity contribution is 6.11. The average molecular weight is 395 g/mol. The summed E-state index contributed by atoms with van der Waals surface area (Å²) < 4.78 is 10.4. The highest BCUT2D eigenvalue weighted by Gasteiger charge is 2.43. The van der Waals surface area contributed by atoms with Crippen molar-refractivity contribution < 1.29 is 24.2 Å². The lowest BCUT2D eigenvalue weighted by molar-refractivity contribution is -0.114.